The topological polar surface area (TPSA) is 74.4 Å². The fourth-order valence-electron chi connectivity index (χ4n) is 5.60. The fourth-order valence-corrected chi connectivity index (χ4v) is 5.60. The van der Waals surface area contributed by atoms with Gasteiger partial charge in [0.2, 0.25) is 0 Å². The number of fused-ring (bicyclic) bond motifs is 2. The number of methoxy groups -OCH3 is 1. The van der Waals surface area contributed by atoms with Crippen molar-refractivity contribution >= 4 is 5.91 Å². The van der Waals surface area contributed by atoms with Gasteiger partial charge < -0.3 is 18.9 Å². The number of halogens is 3. The van der Waals surface area contributed by atoms with Crippen molar-refractivity contribution in [2.75, 3.05) is 20.3 Å². The number of hydrogen-bond donors (Lipinski definition) is 0. The minimum atomic E-state index is -4.64. The lowest BCUT2D eigenvalue weighted by molar-refractivity contribution is -0.140. The summed E-state index contributed by atoms with van der Waals surface area (Å²) in [4.78, 5) is 20.0. The second-order valence-corrected chi connectivity index (χ2v) is 9.77. The molecule has 0 N–H and O–H groups in total. The van der Waals surface area contributed by atoms with Gasteiger partial charge in [-0.05, 0) is 53.4 Å². The first-order valence-corrected chi connectivity index (χ1v) is 12.6. The predicted molar refractivity (Wildman–Crippen MR) is 136 cm³/mol. The fraction of sp³-hybridized carbons (Fsp3) is 0.321. The number of carbonyl (C=O) groups excluding carboxylic acids is 1. The van der Waals surface area contributed by atoms with Crippen LogP contribution < -0.4 is 9.47 Å². The van der Waals surface area contributed by atoms with Crippen LogP contribution in [0.2, 0.25) is 0 Å². The molecule has 2 aliphatic rings. The van der Waals surface area contributed by atoms with Gasteiger partial charge >= 0.3 is 6.18 Å². The quantitative estimate of drug-likeness (QED) is 0.363. The highest BCUT2D eigenvalue weighted by molar-refractivity contribution is 5.99. The molecule has 1 atom stereocenters. The van der Waals surface area contributed by atoms with Gasteiger partial charge in [-0.15, -0.1) is 0 Å². The molecule has 202 valence electrons. The van der Waals surface area contributed by atoms with Crippen molar-refractivity contribution in [3.05, 3.63) is 83.2 Å². The molecular weight excluding hydrogens is 511 g/mol. The van der Waals surface area contributed by atoms with E-state index in [4.69, 9.17) is 9.47 Å². The van der Waals surface area contributed by atoms with Crippen LogP contribution in [0.25, 0.3) is 11.1 Å². The van der Waals surface area contributed by atoms with Gasteiger partial charge in [-0.3, -0.25) is 9.48 Å². The van der Waals surface area contributed by atoms with Crippen LogP contribution in [0.15, 0.2) is 55.2 Å². The number of hydrogen-bond acceptors (Lipinski definition) is 5. The number of ether oxygens (including phenoxy) is 2. The number of rotatable bonds is 5. The Balaban J connectivity index is 1.47. The van der Waals surface area contributed by atoms with Crippen LogP contribution >= 0.6 is 0 Å². The summed E-state index contributed by atoms with van der Waals surface area (Å²) in [7, 11) is 3.05. The van der Waals surface area contributed by atoms with Crippen molar-refractivity contribution in [2.45, 2.75) is 31.6 Å². The zero-order valence-corrected chi connectivity index (χ0v) is 21.4. The summed E-state index contributed by atoms with van der Waals surface area (Å²) in [6, 6.07) is 8.83. The number of aryl methyl sites for hydroxylation is 1. The van der Waals surface area contributed by atoms with Crippen molar-refractivity contribution in [1.29, 1.82) is 0 Å². The number of amides is 1. The third-order valence-corrected chi connectivity index (χ3v) is 7.32. The number of nitrogens with zero attached hydrogens (tertiary/aromatic N) is 5. The lowest BCUT2D eigenvalue weighted by atomic mass is 9.86. The summed E-state index contributed by atoms with van der Waals surface area (Å²) in [6.07, 6.45) is 2.77. The Morgan fingerprint density at radius 3 is 2.72 bits per heavy atom. The van der Waals surface area contributed by atoms with Crippen LogP contribution in [-0.2, 0) is 26.2 Å². The molecule has 0 aliphatic carbocycles. The van der Waals surface area contributed by atoms with E-state index in [-0.39, 0.29) is 17.5 Å². The maximum absolute atomic E-state index is 14.1. The van der Waals surface area contributed by atoms with Gasteiger partial charge in [0.1, 0.15) is 11.5 Å². The summed E-state index contributed by atoms with van der Waals surface area (Å²) < 4.78 is 56.2. The molecule has 4 aromatic rings. The van der Waals surface area contributed by atoms with E-state index in [2.05, 4.69) is 10.1 Å². The number of aromatic nitrogens is 4. The maximum atomic E-state index is 14.1. The monoisotopic (exact) mass is 537 g/mol. The molecular formula is C28H26F3N5O3. The lowest BCUT2D eigenvalue weighted by Gasteiger charge is -2.39. The number of alkyl halides is 3. The van der Waals surface area contributed by atoms with E-state index in [0.717, 1.165) is 10.2 Å². The highest BCUT2D eigenvalue weighted by Gasteiger charge is 2.40. The van der Waals surface area contributed by atoms with Crippen molar-refractivity contribution in [3.8, 4) is 22.6 Å². The first-order chi connectivity index (χ1) is 18.7. The van der Waals surface area contributed by atoms with Crippen LogP contribution in [0.3, 0.4) is 0 Å². The smallest absolute Gasteiger partial charge is 0.435 e. The molecule has 4 heterocycles. The molecule has 2 aromatic heterocycles. The Kier molecular flexibility index (Phi) is 6.08. The van der Waals surface area contributed by atoms with Crippen molar-refractivity contribution in [3.63, 3.8) is 0 Å². The van der Waals surface area contributed by atoms with Gasteiger partial charge in [0.15, 0.2) is 5.69 Å². The molecule has 0 unspecified atom stereocenters. The molecule has 11 heteroatoms. The largest absolute Gasteiger partial charge is 0.497 e. The Labute approximate surface area is 222 Å². The number of benzene rings is 2. The zero-order valence-electron chi connectivity index (χ0n) is 21.4. The Hall–Kier alpha value is -4.28. The first-order valence-electron chi connectivity index (χ1n) is 12.6. The SMILES string of the molecule is COc1ccc2c(c1)[C@@H](N1CCc3c(cc(Cn4ccnc4)cc3-c3cn(C)nc3C(F)(F)F)C1=O)CCO2. The van der Waals surface area contributed by atoms with Crippen molar-refractivity contribution < 1.29 is 27.4 Å². The standard InChI is InChI=1S/C28H26F3N5O3/c1-34-15-23(26(33-34)28(29,30)31)20-11-17(14-35-9-7-32-16-35)12-21-19(20)5-8-36(27(21)37)24-6-10-39-25-4-3-18(38-2)13-22(24)25/h3-4,7,9,11-13,15-16,24H,5-6,8,10,14H2,1-2H3/t24-/m0/s1. The average molecular weight is 538 g/mol. The van der Waals surface area contributed by atoms with E-state index < -0.39 is 11.9 Å². The zero-order chi connectivity index (χ0) is 27.3. The highest BCUT2D eigenvalue weighted by Crippen LogP contribution is 2.43. The van der Waals surface area contributed by atoms with E-state index >= 15 is 0 Å². The summed E-state index contributed by atoms with van der Waals surface area (Å²) >= 11 is 0. The molecule has 0 fully saturated rings. The average Bonchev–Trinajstić information content (AvgIpc) is 3.58. The first kappa shape index (κ1) is 25.0. The summed E-state index contributed by atoms with van der Waals surface area (Å²) in [5.41, 5.74) is 1.94. The minimum Gasteiger partial charge on any atom is -0.497 e. The molecule has 0 saturated heterocycles. The normalized spacial score (nSPS) is 17.0. The molecule has 0 bridgehead atoms. The van der Waals surface area contributed by atoms with Gasteiger partial charge in [-0.25, -0.2) is 4.98 Å². The maximum Gasteiger partial charge on any atom is 0.435 e. The second-order valence-electron chi connectivity index (χ2n) is 9.77. The Morgan fingerprint density at radius 1 is 1.15 bits per heavy atom. The van der Waals surface area contributed by atoms with E-state index in [9.17, 15) is 18.0 Å². The summed E-state index contributed by atoms with van der Waals surface area (Å²) in [5.74, 6) is 1.14. The third-order valence-electron chi connectivity index (χ3n) is 7.32. The summed E-state index contributed by atoms with van der Waals surface area (Å²) in [5, 5.41) is 3.72. The van der Waals surface area contributed by atoms with Gasteiger partial charge in [0, 0.05) is 61.8 Å². The Bertz CT molecular complexity index is 1540. The molecule has 0 spiro atoms. The van der Waals surface area contributed by atoms with Gasteiger partial charge in [-0.1, -0.05) is 0 Å². The lowest BCUT2D eigenvalue weighted by Crippen LogP contribution is -2.42. The summed E-state index contributed by atoms with van der Waals surface area (Å²) in [6.45, 7) is 1.17. The van der Waals surface area contributed by atoms with E-state index in [0.29, 0.717) is 66.3 Å². The number of carbonyl (C=O) groups is 1. The van der Waals surface area contributed by atoms with Crippen molar-refractivity contribution in [1.82, 2.24) is 24.2 Å². The van der Waals surface area contributed by atoms with Crippen molar-refractivity contribution in [2.24, 2.45) is 7.05 Å². The molecule has 1 amide bonds. The van der Waals surface area contributed by atoms with Crippen LogP contribution in [-0.4, -0.2) is 50.4 Å². The van der Waals surface area contributed by atoms with Gasteiger partial charge in [-0.2, -0.15) is 18.3 Å². The third kappa shape index (κ3) is 4.51. The second kappa shape index (κ2) is 9.48. The van der Waals surface area contributed by atoms with E-state index in [1.165, 1.54) is 13.2 Å². The molecule has 6 rings (SSSR count). The van der Waals surface area contributed by atoms with Crippen LogP contribution in [0.1, 0.15) is 45.2 Å². The van der Waals surface area contributed by atoms with Crippen LogP contribution in [0.5, 0.6) is 11.5 Å². The molecule has 0 saturated carbocycles. The van der Waals surface area contributed by atoms with Crippen LogP contribution in [0, 0.1) is 0 Å². The molecule has 39 heavy (non-hydrogen) atoms. The number of imidazole rings is 1. The minimum absolute atomic E-state index is 0.0314. The van der Waals surface area contributed by atoms with E-state index in [1.54, 1.807) is 38.0 Å². The molecule has 0 radical (unpaired) electrons. The van der Waals surface area contributed by atoms with E-state index in [1.807, 2.05) is 27.7 Å². The Morgan fingerprint density at radius 2 is 1.97 bits per heavy atom. The molecule has 2 aromatic carbocycles. The molecule has 8 nitrogen and oxygen atoms in total. The predicted octanol–water partition coefficient (Wildman–Crippen LogP) is 4.88. The molecule has 2 aliphatic heterocycles. The van der Waals surface area contributed by atoms with Gasteiger partial charge in [0.05, 0.1) is 26.1 Å². The van der Waals surface area contributed by atoms with Crippen LogP contribution in [0.4, 0.5) is 13.2 Å². The highest BCUT2D eigenvalue weighted by atomic mass is 19.4. The van der Waals surface area contributed by atoms with Gasteiger partial charge in [0.25, 0.3) is 5.91 Å².